The van der Waals surface area contributed by atoms with Gasteiger partial charge in [-0.3, -0.25) is 4.79 Å². The molecule has 0 fully saturated rings. The van der Waals surface area contributed by atoms with E-state index < -0.39 is 17.9 Å². The average Bonchev–Trinajstić information content (AvgIpc) is 2.33. The summed E-state index contributed by atoms with van der Waals surface area (Å²) in [5, 5.41) is 12.1. The van der Waals surface area contributed by atoms with Crippen LogP contribution in [0.4, 0.5) is 0 Å². The summed E-state index contributed by atoms with van der Waals surface area (Å²) in [6.45, 7) is 0. The summed E-state index contributed by atoms with van der Waals surface area (Å²) in [4.78, 5) is 23.0. The van der Waals surface area contributed by atoms with Crippen molar-refractivity contribution in [1.29, 1.82) is 0 Å². The van der Waals surface area contributed by atoms with Crippen molar-refractivity contribution in [2.24, 2.45) is 0 Å². The lowest BCUT2D eigenvalue weighted by molar-refractivity contribution is -0.139. The lowest BCUT2D eigenvalue weighted by Crippen LogP contribution is -2.41. The van der Waals surface area contributed by atoms with Crippen LogP contribution in [0.3, 0.4) is 0 Å². The third kappa shape index (κ3) is 4.93. The standard InChI is InChI=1S/C12H13Cl2NO3S/c1-19-5-4-10(12(17)18)15-11(16)8-3-2-7(13)6-9(8)14/h2-3,6,10H,4-5H2,1H3,(H,15,16)(H,17,18)/t10-/m1/s1. The van der Waals surface area contributed by atoms with E-state index in [1.165, 1.54) is 30.0 Å². The molecule has 2 N–H and O–H groups in total. The lowest BCUT2D eigenvalue weighted by Gasteiger charge is -2.14. The average molecular weight is 322 g/mol. The van der Waals surface area contributed by atoms with E-state index >= 15 is 0 Å². The molecule has 0 radical (unpaired) electrons. The van der Waals surface area contributed by atoms with Gasteiger partial charge >= 0.3 is 5.97 Å². The first-order valence-corrected chi connectivity index (χ1v) is 7.58. The number of carboxylic acid groups (broad SMARTS) is 1. The van der Waals surface area contributed by atoms with Crippen molar-refractivity contribution in [3.8, 4) is 0 Å². The molecule has 0 aliphatic carbocycles. The molecule has 19 heavy (non-hydrogen) atoms. The summed E-state index contributed by atoms with van der Waals surface area (Å²) in [5.74, 6) is -0.936. The maximum absolute atomic E-state index is 11.9. The predicted molar refractivity (Wildman–Crippen MR) is 78.4 cm³/mol. The number of benzene rings is 1. The minimum absolute atomic E-state index is 0.194. The Labute approximate surface area is 125 Å². The minimum Gasteiger partial charge on any atom is -0.480 e. The molecule has 0 aliphatic rings. The Bertz CT molecular complexity index is 482. The molecule has 0 bridgehead atoms. The molecule has 4 nitrogen and oxygen atoms in total. The maximum atomic E-state index is 11.9. The van der Waals surface area contributed by atoms with Crippen LogP contribution in [0.1, 0.15) is 16.8 Å². The smallest absolute Gasteiger partial charge is 0.326 e. The Kier molecular flexibility index (Phi) is 6.48. The zero-order valence-corrected chi connectivity index (χ0v) is 12.5. The molecule has 1 rings (SSSR count). The van der Waals surface area contributed by atoms with Crippen LogP contribution in [0.5, 0.6) is 0 Å². The van der Waals surface area contributed by atoms with E-state index in [9.17, 15) is 9.59 Å². The van der Waals surface area contributed by atoms with Gasteiger partial charge in [-0.1, -0.05) is 23.2 Å². The van der Waals surface area contributed by atoms with Gasteiger partial charge in [-0.2, -0.15) is 11.8 Å². The number of rotatable bonds is 6. The van der Waals surface area contributed by atoms with Gasteiger partial charge in [0.05, 0.1) is 10.6 Å². The number of hydrogen-bond donors (Lipinski definition) is 2. The largest absolute Gasteiger partial charge is 0.480 e. The van der Waals surface area contributed by atoms with Crippen LogP contribution < -0.4 is 5.32 Å². The summed E-state index contributed by atoms with van der Waals surface area (Å²) in [7, 11) is 0. The first kappa shape index (κ1) is 16.1. The van der Waals surface area contributed by atoms with E-state index in [0.717, 1.165) is 0 Å². The number of hydrogen-bond acceptors (Lipinski definition) is 3. The number of amides is 1. The molecule has 0 aromatic heterocycles. The molecule has 0 saturated heterocycles. The SMILES string of the molecule is CSCC[C@@H](NC(=O)c1ccc(Cl)cc1Cl)C(=O)O. The van der Waals surface area contributed by atoms with Crippen molar-refractivity contribution in [2.45, 2.75) is 12.5 Å². The first-order valence-electron chi connectivity index (χ1n) is 5.43. The van der Waals surface area contributed by atoms with Crippen LogP contribution in [0.2, 0.25) is 10.0 Å². The van der Waals surface area contributed by atoms with Gasteiger partial charge in [0.15, 0.2) is 0 Å². The lowest BCUT2D eigenvalue weighted by atomic mass is 10.1. The number of carbonyl (C=O) groups is 2. The van der Waals surface area contributed by atoms with Crippen molar-refractivity contribution in [3.63, 3.8) is 0 Å². The first-order chi connectivity index (χ1) is 8.95. The van der Waals surface area contributed by atoms with Gasteiger partial charge in [0.2, 0.25) is 0 Å². The van der Waals surface area contributed by atoms with Crippen LogP contribution in [0.25, 0.3) is 0 Å². The molecule has 104 valence electrons. The van der Waals surface area contributed by atoms with Crippen LogP contribution in [-0.4, -0.2) is 35.0 Å². The van der Waals surface area contributed by atoms with Crippen LogP contribution in [0, 0.1) is 0 Å². The maximum Gasteiger partial charge on any atom is 0.326 e. The van der Waals surface area contributed by atoms with Gasteiger partial charge in [-0.25, -0.2) is 4.79 Å². The molecule has 1 amide bonds. The summed E-state index contributed by atoms with van der Waals surface area (Å²) in [6, 6.07) is 3.51. The van der Waals surface area contributed by atoms with Crippen molar-refractivity contribution in [1.82, 2.24) is 5.32 Å². The van der Waals surface area contributed by atoms with Gasteiger partial charge < -0.3 is 10.4 Å². The summed E-state index contributed by atoms with van der Waals surface area (Å²) in [6.07, 6.45) is 2.23. The number of aliphatic carboxylic acids is 1. The summed E-state index contributed by atoms with van der Waals surface area (Å²) >= 11 is 13.1. The van der Waals surface area contributed by atoms with E-state index in [0.29, 0.717) is 17.2 Å². The Balaban J connectivity index is 2.78. The van der Waals surface area contributed by atoms with Crippen molar-refractivity contribution >= 4 is 46.8 Å². The van der Waals surface area contributed by atoms with Crippen LogP contribution in [0.15, 0.2) is 18.2 Å². The number of halogens is 2. The second-order valence-electron chi connectivity index (χ2n) is 3.77. The fourth-order valence-corrected chi connectivity index (χ4v) is 2.37. The molecule has 1 aromatic carbocycles. The molecule has 0 aliphatic heterocycles. The molecular formula is C12H13Cl2NO3S. The van der Waals surface area contributed by atoms with Gasteiger partial charge in [0.1, 0.15) is 6.04 Å². The minimum atomic E-state index is -1.06. The Morgan fingerprint density at radius 2 is 2.11 bits per heavy atom. The third-order valence-corrected chi connectivity index (χ3v) is 3.58. The van der Waals surface area contributed by atoms with Gasteiger partial charge in [-0.15, -0.1) is 0 Å². The number of thioether (sulfide) groups is 1. The summed E-state index contributed by atoms with van der Waals surface area (Å²) in [5.41, 5.74) is 0.210. The molecule has 0 unspecified atom stereocenters. The highest BCUT2D eigenvalue weighted by Gasteiger charge is 2.21. The molecule has 0 heterocycles. The number of carboxylic acids is 1. The highest BCUT2D eigenvalue weighted by molar-refractivity contribution is 7.98. The second-order valence-corrected chi connectivity index (χ2v) is 5.60. The van der Waals surface area contributed by atoms with Crippen LogP contribution >= 0.6 is 35.0 Å². The number of carbonyl (C=O) groups excluding carboxylic acids is 1. The molecule has 1 atom stereocenters. The van der Waals surface area contributed by atoms with Gasteiger partial charge in [-0.05, 0) is 36.6 Å². The number of nitrogens with one attached hydrogen (secondary N) is 1. The normalized spacial score (nSPS) is 11.9. The molecule has 0 saturated carbocycles. The molecular weight excluding hydrogens is 309 g/mol. The van der Waals surface area contributed by atoms with E-state index in [1.807, 2.05) is 6.26 Å². The topological polar surface area (TPSA) is 66.4 Å². The second kappa shape index (κ2) is 7.62. The quantitative estimate of drug-likeness (QED) is 0.845. The van der Waals surface area contributed by atoms with E-state index in [-0.39, 0.29) is 10.6 Å². The highest BCUT2D eigenvalue weighted by atomic mass is 35.5. The van der Waals surface area contributed by atoms with E-state index in [2.05, 4.69) is 5.32 Å². The fraction of sp³-hybridized carbons (Fsp3) is 0.333. The molecule has 0 spiro atoms. The Morgan fingerprint density at radius 1 is 1.42 bits per heavy atom. The van der Waals surface area contributed by atoms with Crippen molar-refractivity contribution in [2.75, 3.05) is 12.0 Å². The fourth-order valence-electron chi connectivity index (χ4n) is 1.40. The van der Waals surface area contributed by atoms with Crippen molar-refractivity contribution in [3.05, 3.63) is 33.8 Å². The molecule has 7 heteroatoms. The molecule has 1 aromatic rings. The van der Waals surface area contributed by atoms with Gasteiger partial charge in [0, 0.05) is 5.02 Å². The van der Waals surface area contributed by atoms with E-state index in [1.54, 1.807) is 0 Å². The third-order valence-electron chi connectivity index (χ3n) is 2.39. The Morgan fingerprint density at radius 3 is 2.63 bits per heavy atom. The van der Waals surface area contributed by atoms with Gasteiger partial charge in [0.25, 0.3) is 5.91 Å². The zero-order valence-electron chi connectivity index (χ0n) is 10.2. The Hall–Kier alpha value is -0.910. The predicted octanol–water partition coefficient (Wildman–Crippen LogP) is 2.93. The van der Waals surface area contributed by atoms with Crippen LogP contribution in [-0.2, 0) is 4.79 Å². The summed E-state index contributed by atoms with van der Waals surface area (Å²) < 4.78 is 0. The zero-order chi connectivity index (χ0) is 14.4. The monoisotopic (exact) mass is 321 g/mol. The highest BCUT2D eigenvalue weighted by Crippen LogP contribution is 2.21. The van der Waals surface area contributed by atoms with Crippen molar-refractivity contribution < 1.29 is 14.7 Å². The van der Waals surface area contributed by atoms with E-state index in [4.69, 9.17) is 28.3 Å².